The molecule has 2 unspecified atom stereocenters. The molecule has 1 aromatic rings. The molecule has 0 radical (unpaired) electrons. The summed E-state index contributed by atoms with van der Waals surface area (Å²) < 4.78 is 14.3. The van der Waals surface area contributed by atoms with Crippen molar-refractivity contribution in [3.63, 3.8) is 0 Å². The van der Waals surface area contributed by atoms with Gasteiger partial charge in [0.15, 0.2) is 0 Å². The average Bonchev–Trinajstić information content (AvgIpc) is 2.59. The molecule has 0 saturated heterocycles. The normalized spacial score (nSPS) is 29.7. The number of rotatable bonds is 3. The number of hydrogen-bond acceptors (Lipinski definition) is 2. The van der Waals surface area contributed by atoms with E-state index < -0.39 is 6.10 Å². The van der Waals surface area contributed by atoms with E-state index in [0.717, 1.165) is 22.9 Å². The first-order chi connectivity index (χ1) is 8.81. The molecule has 0 aliphatic heterocycles. The molecule has 1 fully saturated rings. The van der Waals surface area contributed by atoms with Gasteiger partial charge >= 0.3 is 0 Å². The van der Waals surface area contributed by atoms with Crippen LogP contribution >= 0.6 is 15.9 Å². The highest BCUT2D eigenvalue weighted by Gasteiger charge is 2.51. The Hall–Kier alpha value is -0.450. The summed E-state index contributed by atoms with van der Waals surface area (Å²) in [6.07, 6.45) is 1.96. The lowest BCUT2D eigenvalue weighted by atomic mass is 9.74. The van der Waals surface area contributed by atoms with Gasteiger partial charge in [-0.05, 0) is 48.4 Å². The molecule has 1 aliphatic rings. The maximum absolute atomic E-state index is 13.4. The monoisotopic (exact) mass is 329 g/mol. The fraction of sp³-hybridized carbons (Fsp3) is 0.600. The molecule has 0 aromatic heterocycles. The van der Waals surface area contributed by atoms with Crippen molar-refractivity contribution in [3.8, 4) is 0 Å². The minimum Gasteiger partial charge on any atom is -0.392 e. The van der Waals surface area contributed by atoms with Gasteiger partial charge in [0, 0.05) is 16.4 Å². The van der Waals surface area contributed by atoms with Crippen LogP contribution in [0.3, 0.4) is 0 Å². The third-order valence-electron chi connectivity index (χ3n) is 4.54. The highest BCUT2D eigenvalue weighted by atomic mass is 79.9. The fourth-order valence-corrected chi connectivity index (χ4v) is 3.59. The Labute approximate surface area is 122 Å². The van der Waals surface area contributed by atoms with Crippen LogP contribution in [0, 0.1) is 16.6 Å². The summed E-state index contributed by atoms with van der Waals surface area (Å²) in [6.45, 7) is 4.55. The van der Waals surface area contributed by atoms with Gasteiger partial charge < -0.3 is 10.8 Å². The van der Waals surface area contributed by atoms with Crippen LogP contribution in [-0.4, -0.2) is 17.8 Å². The molecule has 4 heteroatoms. The molecule has 0 bridgehead atoms. The summed E-state index contributed by atoms with van der Waals surface area (Å²) in [5.41, 5.74) is 6.35. The van der Waals surface area contributed by atoms with Crippen molar-refractivity contribution in [2.45, 2.75) is 39.2 Å². The fourth-order valence-electron chi connectivity index (χ4n) is 3.20. The molecule has 2 atom stereocenters. The number of benzene rings is 1. The van der Waals surface area contributed by atoms with E-state index in [9.17, 15) is 9.50 Å². The van der Waals surface area contributed by atoms with E-state index in [2.05, 4.69) is 29.8 Å². The Morgan fingerprint density at radius 2 is 2.11 bits per heavy atom. The Bertz CT molecular complexity index is 477. The van der Waals surface area contributed by atoms with Crippen molar-refractivity contribution in [1.82, 2.24) is 0 Å². The summed E-state index contributed by atoms with van der Waals surface area (Å²) >= 11 is 3.45. The lowest BCUT2D eigenvalue weighted by Gasteiger charge is -2.36. The second-order valence-corrected chi connectivity index (χ2v) is 7.22. The van der Waals surface area contributed by atoms with Crippen LogP contribution in [-0.2, 0) is 6.42 Å². The molecule has 0 spiro atoms. The molecule has 3 N–H and O–H groups in total. The predicted molar refractivity (Wildman–Crippen MR) is 78.3 cm³/mol. The first-order valence-corrected chi connectivity index (χ1v) is 7.42. The quantitative estimate of drug-likeness (QED) is 0.894. The van der Waals surface area contributed by atoms with Gasteiger partial charge in [-0.1, -0.05) is 29.8 Å². The first-order valence-electron chi connectivity index (χ1n) is 6.63. The van der Waals surface area contributed by atoms with Crippen LogP contribution in [0.1, 0.15) is 32.3 Å². The third kappa shape index (κ3) is 2.71. The Morgan fingerprint density at radius 1 is 1.42 bits per heavy atom. The molecular formula is C15H21BrFNO. The molecule has 1 aromatic carbocycles. The molecule has 19 heavy (non-hydrogen) atoms. The van der Waals surface area contributed by atoms with Crippen LogP contribution in [0.2, 0.25) is 0 Å². The Kier molecular flexibility index (Phi) is 4.05. The van der Waals surface area contributed by atoms with Gasteiger partial charge in [-0.25, -0.2) is 4.39 Å². The van der Waals surface area contributed by atoms with Gasteiger partial charge in [-0.3, -0.25) is 0 Å². The van der Waals surface area contributed by atoms with Crippen LogP contribution in [0.15, 0.2) is 22.7 Å². The summed E-state index contributed by atoms with van der Waals surface area (Å²) in [5.74, 6) is -0.253. The maximum Gasteiger partial charge on any atom is 0.123 e. The molecule has 1 saturated carbocycles. The zero-order chi connectivity index (χ0) is 14.3. The SMILES string of the molecule is CC1(C)CCC(CN)(Cc2cc(F)ccc2Br)C1O. The number of nitrogens with two attached hydrogens (primary N) is 1. The molecule has 2 nitrogen and oxygen atoms in total. The summed E-state index contributed by atoms with van der Waals surface area (Å²) in [4.78, 5) is 0. The lowest BCUT2D eigenvalue weighted by Crippen LogP contribution is -2.44. The highest BCUT2D eigenvalue weighted by molar-refractivity contribution is 9.10. The van der Waals surface area contributed by atoms with Gasteiger partial charge in [0.25, 0.3) is 0 Å². The summed E-state index contributed by atoms with van der Waals surface area (Å²) in [6, 6.07) is 4.67. The second-order valence-electron chi connectivity index (χ2n) is 6.37. The van der Waals surface area contributed by atoms with E-state index in [1.807, 2.05) is 0 Å². The van der Waals surface area contributed by atoms with Crippen molar-refractivity contribution in [2.24, 2.45) is 16.6 Å². The topological polar surface area (TPSA) is 46.2 Å². The standard InChI is InChI=1S/C15H21BrFNO/c1-14(2)5-6-15(9-18,13(14)19)8-10-7-11(17)3-4-12(10)16/h3-4,7,13,19H,5-6,8-9,18H2,1-2H3. The zero-order valence-corrected chi connectivity index (χ0v) is 13.0. The van der Waals surface area contributed by atoms with E-state index in [4.69, 9.17) is 5.73 Å². The van der Waals surface area contributed by atoms with E-state index in [-0.39, 0.29) is 16.6 Å². The molecule has 1 aliphatic carbocycles. The van der Waals surface area contributed by atoms with Gasteiger partial charge in [-0.15, -0.1) is 0 Å². The van der Waals surface area contributed by atoms with E-state index in [1.54, 1.807) is 6.07 Å². The van der Waals surface area contributed by atoms with Crippen LogP contribution in [0.25, 0.3) is 0 Å². The van der Waals surface area contributed by atoms with Gasteiger partial charge in [0.1, 0.15) is 5.82 Å². The van der Waals surface area contributed by atoms with Gasteiger partial charge in [0.2, 0.25) is 0 Å². The number of halogens is 2. The summed E-state index contributed by atoms with van der Waals surface area (Å²) in [7, 11) is 0. The Balaban J connectivity index is 2.32. The average molecular weight is 330 g/mol. The molecular weight excluding hydrogens is 309 g/mol. The smallest absolute Gasteiger partial charge is 0.123 e. The van der Waals surface area contributed by atoms with Crippen molar-refractivity contribution < 1.29 is 9.50 Å². The number of aliphatic hydroxyl groups is 1. The molecule has 0 heterocycles. The van der Waals surface area contributed by atoms with Crippen LogP contribution < -0.4 is 5.73 Å². The van der Waals surface area contributed by atoms with Crippen molar-refractivity contribution in [3.05, 3.63) is 34.1 Å². The van der Waals surface area contributed by atoms with E-state index >= 15 is 0 Å². The molecule has 106 valence electrons. The third-order valence-corrected chi connectivity index (χ3v) is 5.32. The lowest BCUT2D eigenvalue weighted by molar-refractivity contribution is -0.00473. The van der Waals surface area contributed by atoms with Gasteiger partial charge in [-0.2, -0.15) is 0 Å². The number of aliphatic hydroxyl groups excluding tert-OH is 1. The van der Waals surface area contributed by atoms with Gasteiger partial charge in [0.05, 0.1) is 6.10 Å². The zero-order valence-electron chi connectivity index (χ0n) is 11.4. The first kappa shape index (κ1) is 14.9. The summed E-state index contributed by atoms with van der Waals surface area (Å²) in [5, 5.41) is 10.6. The van der Waals surface area contributed by atoms with Crippen LogP contribution in [0.4, 0.5) is 4.39 Å². The van der Waals surface area contributed by atoms with Crippen LogP contribution in [0.5, 0.6) is 0 Å². The highest BCUT2D eigenvalue weighted by Crippen LogP contribution is 2.50. The minimum atomic E-state index is -0.458. The van der Waals surface area contributed by atoms with Crippen molar-refractivity contribution in [2.75, 3.05) is 6.54 Å². The predicted octanol–water partition coefficient (Wildman–Crippen LogP) is 3.26. The maximum atomic E-state index is 13.4. The Morgan fingerprint density at radius 3 is 2.63 bits per heavy atom. The number of hydrogen-bond donors (Lipinski definition) is 2. The van der Waals surface area contributed by atoms with Crippen molar-refractivity contribution in [1.29, 1.82) is 0 Å². The molecule has 0 amide bonds. The minimum absolute atomic E-state index is 0.126. The van der Waals surface area contributed by atoms with E-state index in [1.165, 1.54) is 12.1 Å². The second kappa shape index (κ2) is 5.15. The molecule has 2 rings (SSSR count). The van der Waals surface area contributed by atoms with E-state index in [0.29, 0.717) is 13.0 Å². The largest absolute Gasteiger partial charge is 0.392 e. The van der Waals surface area contributed by atoms with Crippen molar-refractivity contribution >= 4 is 15.9 Å².